The second-order valence-corrected chi connectivity index (χ2v) is 6.32. The Bertz CT molecular complexity index is 1100. The molecular formula is C21H18O7. The van der Waals surface area contributed by atoms with Crippen LogP contribution in [0.5, 0.6) is 23.0 Å². The van der Waals surface area contributed by atoms with Gasteiger partial charge in [0.15, 0.2) is 17.2 Å². The molecule has 0 spiro atoms. The van der Waals surface area contributed by atoms with Crippen LogP contribution in [0.25, 0.3) is 11.0 Å². The van der Waals surface area contributed by atoms with Crippen molar-refractivity contribution >= 4 is 16.9 Å². The second-order valence-electron chi connectivity index (χ2n) is 6.32. The Balaban J connectivity index is 1.98. The first-order valence-electron chi connectivity index (χ1n) is 8.63. The number of methoxy groups -OCH3 is 3. The summed E-state index contributed by atoms with van der Waals surface area (Å²) in [5.41, 5.74) is 0.784. The predicted octanol–water partition coefficient (Wildman–Crippen LogP) is 3.26. The number of para-hydroxylation sites is 1. The molecule has 0 saturated heterocycles. The summed E-state index contributed by atoms with van der Waals surface area (Å²) in [5, 5.41) is 0.572. The molecule has 0 saturated carbocycles. The van der Waals surface area contributed by atoms with E-state index in [0.717, 1.165) is 0 Å². The maximum absolute atomic E-state index is 12.8. The normalized spacial score (nSPS) is 15.7. The zero-order chi connectivity index (χ0) is 19.8. The lowest BCUT2D eigenvalue weighted by Gasteiger charge is -2.25. The molecule has 0 amide bonds. The van der Waals surface area contributed by atoms with Gasteiger partial charge in [-0.05, 0) is 29.8 Å². The average Bonchev–Trinajstić information content (AvgIpc) is 2.71. The summed E-state index contributed by atoms with van der Waals surface area (Å²) in [4.78, 5) is 25.1. The number of rotatable bonds is 4. The van der Waals surface area contributed by atoms with Crippen molar-refractivity contribution in [3.63, 3.8) is 0 Å². The Morgan fingerprint density at radius 3 is 2.29 bits per heavy atom. The maximum atomic E-state index is 12.8. The lowest BCUT2D eigenvalue weighted by Crippen LogP contribution is -2.26. The number of carbonyl (C=O) groups excluding carboxylic acids is 1. The van der Waals surface area contributed by atoms with E-state index in [9.17, 15) is 9.59 Å². The fourth-order valence-electron chi connectivity index (χ4n) is 3.56. The molecule has 0 unspecified atom stereocenters. The second kappa shape index (κ2) is 6.92. The van der Waals surface area contributed by atoms with Gasteiger partial charge in [-0.3, -0.25) is 4.79 Å². The smallest absolute Gasteiger partial charge is 0.343 e. The number of hydrogen-bond donors (Lipinski definition) is 0. The third-order valence-corrected chi connectivity index (χ3v) is 4.82. The topological polar surface area (TPSA) is 84.2 Å². The van der Waals surface area contributed by atoms with Gasteiger partial charge in [0, 0.05) is 5.92 Å². The van der Waals surface area contributed by atoms with Crippen LogP contribution in [0.3, 0.4) is 0 Å². The first kappa shape index (κ1) is 17.9. The minimum Gasteiger partial charge on any atom is -0.493 e. The minimum atomic E-state index is -0.564. The van der Waals surface area contributed by atoms with Crippen molar-refractivity contribution in [1.82, 2.24) is 0 Å². The van der Waals surface area contributed by atoms with Crippen molar-refractivity contribution in [3.05, 3.63) is 57.9 Å². The van der Waals surface area contributed by atoms with Gasteiger partial charge in [0.05, 0.1) is 38.7 Å². The van der Waals surface area contributed by atoms with Crippen LogP contribution in [-0.4, -0.2) is 27.3 Å². The molecule has 1 aliphatic rings. The molecule has 7 heteroatoms. The van der Waals surface area contributed by atoms with Crippen molar-refractivity contribution < 1.29 is 28.2 Å². The van der Waals surface area contributed by atoms with Gasteiger partial charge in [-0.2, -0.15) is 0 Å². The zero-order valence-electron chi connectivity index (χ0n) is 15.6. The van der Waals surface area contributed by atoms with E-state index < -0.39 is 17.5 Å². The highest BCUT2D eigenvalue weighted by Gasteiger charge is 2.34. The summed E-state index contributed by atoms with van der Waals surface area (Å²) in [7, 11) is 4.52. The van der Waals surface area contributed by atoms with Crippen molar-refractivity contribution in [2.75, 3.05) is 21.3 Å². The summed E-state index contributed by atoms with van der Waals surface area (Å²) in [6.45, 7) is 0. The van der Waals surface area contributed by atoms with E-state index in [4.69, 9.17) is 23.4 Å². The summed E-state index contributed by atoms with van der Waals surface area (Å²) >= 11 is 0. The molecule has 0 aliphatic carbocycles. The van der Waals surface area contributed by atoms with Crippen LogP contribution in [0.4, 0.5) is 0 Å². The molecule has 1 aliphatic heterocycles. The first-order chi connectivity index (χ1) is 13.6. The number of benzene rings is 2. The Morgan fingerprint density at radius 2 is 1.64 bits per heavy atom. The van der Waals surface area contributed by atoms with Crippen molar-refractivity contribution in [3.8, 4) is 23.0 Å². The van der Waals surface area contributed by atoms with Gasteiger partial charge in [-0.25, -0.2) is 4.79 Å². The molecule has 0 N–H and O–H groups in total. The van der Waals surface area contributed by atoms with Gasteiger partial charge in [0.1, 0.15) is 5.58 Å². The highest BCUT2D eigenvalue weighted by Crippen LogP contribution is 2.45. The van der Waals surface area contributed by atoms with E-state index in [2.05, 4.69) is 0 Å². The molecule has 3 aromatic rings. The average molecular weight is 382 g/mol. The number of hydrogen-bond acceptors (Lipinski definition) is 7. The molecule has 2 heterocycles. The monoisotopic (exact) mass is 382 g/mol. The zero-order valence-corrected chi connectivity index (χ0v) is 15.6. The maximum Gasteiger partial charge on any atom is 0.343 e. The Kier molecular flexibility index (Phi) is 4.43. The summed E-state index contributed by atoms with van der Waals surface area (Å²) < 4.78 is 27.1. The lowest BCUT2D eigenvalue weighted by molar-refractivity contribution is -0.135. The van der Waals surface area contributed by atoms with Crippen molar-refractivity contribution in [1.29, 1.82) is 0 Å². The van der Waals surface area contributed by atoms with E-state index in [-0.39, 0.29) is 12.2 Å². The van der Waals surface area contributed by atoms with Crippen LogP contribution < -0.4 is 24.6 Å². The molecule has 144 valence electrons. The Labute approximate surface area is 160 Å². The molecule has 1 aromatic heterocycles. The third-order valence-electron chi connectivity index (χ3n) is 4.82. The molecule has 4 rings (SSSR count). The lowest BCUT2D eigenvalue weighted by atomic mass is 9.86. The summed E-state index contributed by atoms with van der Waals surface area (Å²) in [6, 6.07) is 10.4. The van der Waals surface area contributed by atoms with E-state index >= 15 is 0 Å². The number of fused-ring (bicyclic) bond motifs is 3. The first-order valence-corrected chi connectivity index (χ1v) is 8.63. The highest BCUT2D eigenvalue weighted by molar-refractivity contribution is 5.90. The van der Waals surface area contributed by atoms with Crippen LogP contribution in [0.2, 0.25) is 0 Å². The van der Waals surface area contributed by atoms with E-state index in [0.29, 0.717) is 39.3 Å². The SMILES string of the molecule is COc1cc([C@@H]2CC(=O)Oc3c2c(=O)oc2ccccc32)cc(OC)c1OC. The molecule has 0 fully saturated rings. The van der Waals surface area contributed by atoms with Gasteiger partial charge in [0.2, 0.25) is 5.75 Å². The van der Waals surface area contributed by atoms with Gasteiger partial charge in [0.25, 0.3) is 0 Å². The highest BCUT2D eigenvalue weighted by atomic mass is 16.5. The van der Waals surface area contributed by atoms with Gasteiger partial charge >= 0.3 is 11.6 Å². The van der Waals surface area contributed by atoms with Crippen LogP contribution in [0, 0.1) is 0 Å². The quantitative estimate of drug-likeness (QED) is 0.506. The molecule has 0 radical (unpaired) electrons. The minimum absolute atomic E-state index is 0.00522. The van der Waals surface area contributed by atoms with Crippen LogP contribution in [-0.2, 0) is 4.79 Å². The number of ether oxygens (including phenoxy) is 4. The molecule has 1 atom stereocenters. The summed E-state index contributed by atoms with van der Waals surface area (Å²) in [6.07, 6.45) is -0.00522. The number of carbonyl (C=O) groups is 1. The molecular weight excluding hydrogens is 364 g/mol. The van der Waals surface area contributed by atoms with Crippen molar-refractivity contribution in [2.45, 2.75) is 12.3 Å². The van der Waals surface area contributed by atoms with Crippen LogP contribution >= 0.6 is 0 Å². The molecule has 2 aromatic carbocycles. The van der Waals surface area contributed by atoms with E-state index in [1.807, 2.05) is 0 Å². The van der Waals surface area contributed by atoms with Gasteiger partial charge in [-0.1, -0.05) is 12.1 Å². The molecule has 0 bridgehead atoms. The molecule has 28 heavy (non-hydrogen) atoms. The largest absolute Gasteiger partial charge is 0.493 e. The van der Waals surface area contributed by atoms with Gasteiger partial charge in [-0.15, -0.1) is 0 Å². The van der Waals surface area contributed by atoms with Gasteiger partial charge < -0.3 is 23.4 Å². The summed E-state index contributed by atoms with van der Waals surface area (Å²) in [5.74, 6) is 0.539. The van der Waals surface area contributed by atoms with Crippen LogP contribution in [0.1, 0.15) is 23.5 Å². The molecule has 7 nitrogen and oxygen atoms in total. The van der Waals surface area contributed by atoms with E-state index in [1.54, 1.807) is 36.4 Å². The Hall–Kier alpha value is -3.48. The predicted molar refractivity (Wildman–Crippen MR) is 101 cm³/mol. The fourth-order valence-corrected chi connectivity index (χ4v) is 3.56. The fraction of sp³-hybridized carbons (Fsp3) is 0.238. The van der Waals surface area contributed by atoms with E-state index in [1.165, 1.54) is 21.3 Å². The standard InChI is InChI=1S/C21H18O7/c1-24-15-8-11(9-16(25-2)20(15)26-3)13-10-17(22)28-19-12-6-4-5-7-14(12)27-21(23)18(13)19/h4-9,13H,10H2,1-3H3/t13-/m0/s1. The van der Waals surface area contributed by atoms with Crippen molar-refractivity contribution in [2.24, 2.45) is 0 Å². The third kappa shape index (κ3) is 2.76. The van der Waals surface area contributed by atoms with Crippen LogP contribution in [0.15, 0.2) is 45.6 Å². The number of esters is 1. The Morgan fingerprint density at radius 1 is 0.964 bits per heavy atom.